The summed E-state index contributed by atoms with van der Waals surface area (Å²) in [6.45, 7) is 19.0. The van der Waals surface area contributed by atoms with E-state index in [-0.39, 0.29) is 60.1 Å². The number of hydrogen-bond acceptors (Lipinski definition) is 6. The van der Waals surface area contributed by atoms with Crippen LogP contribution in [0.3, 0.4) is 0 Å². The van der Waals surface area contributed by atoms with Gasteiger partial charge in [0.1, 0.15) is 12.2 Å². The van der Waals surface area contributed by atoms with Crippen molar-refractivity contribution >= 4 is 34.0 Å². The summed E-state index contributed by atoms with van der Waals surface area (Å²) in [5, 5.41) is 10.1. The van der Waals surface area contributed by atoms with Crippen molar-refractivity contribution in [2.45, 2.75) is 115 Å². The molecular weight excluding hydrogens is 527 g/mol. The average molecular weight is 578 g/mol. The molecule has 1 saturated heterocycles. The van der Waals surface area contributed by atoms with Crippen LogP contribution in [0.4, 0.5) is 0 Å². The van der Waals surface area contributed by atoms with Crippen LogP contribution in [0.5, 0.6) is 0 Å². The molecule has 39 heavy (non-hydrogen) atoms. The van der Waals surface area contributed by atoms with Gasteiger partial charge in [-0.25, -0.2) is 0 Å². The number of ether oxygens (including phenoxy) is 2. The van der Waals surface area contributed by atoms with Crippen LogP contribution in [0.1, 0.15) is 52.9 Å². The molecule has 0 radical (unpaired) electrons. The van der Waals surface area contributed by atoms with Gasteiger partial charge in [0.2, 0.25) is 5.91 Å². The molecule has 0 bridgehead atoms. The van der Waals surface area contributed by atoms with E-state index in [0.717, 1.165) is 12.8 Å². The molecule has 8 atom stereocenters. The summed E-state index contributed by atoms with van der Waals surface area (Å²) >= 11 is 0. The second kappa shape index (κ2) is 11.6. The highest BCUT2D eigenvalue weighted by molar-refractivity contribution is 7.03. The highest BCUT2D eigenvalue weighted by Crippen LogP contribution is 2.53. The number of amides is 1. The first-order valence-electron chi connectivity index (χ1n) is 14.7. The van der Waals surface area contributed by atoms with Crippen molar-refractivity contribution < 1.29 is 29.0 Å². The fourth-order valence-corrected chi connectivity index (χ4v) is 21.8. The minimum Gasteiger partial charge on any atom is -0.462 e. The molecule has 3 aliphatic rings. The molecule has 1 aliphatic heterocycles. The van der Waals surface area contributed by atoms with Crippen LogP contribution >= 0.6 is 0 Å². The molecule has 2 aliphatic carbocycles. The molecule has 0 aromatic carbocycles. The second-order valence-electron chi connectivity index (χ2n) is 14.4. The predicted molar refractivity (Wildman–Crippen MR) is 159 cm³/mol. The molecule has 0 saturated carbocycles. The van der Waals surface area contributed by atoms with Gasteiger partial charge < -0.3 is 20.3 Å². The van der Waals surface area contributed by atoms with Crippen LogP contribution in [0.15, 0.2) is 23.8 Å². The van der Waals surface area contributed by atoms with Gasteiger partial charge in [0.15, 0.2) is 0 Å². The number of esters is 2. The molecule has 1 unspecified atom stereocenters. The summed E-state index contributed by atoms with van der Waals surface area (Å²) in [6.07, 6.45) is 8.15. The van der Waals surface area contributed by atoms with E-state index in [2.05, 4.69) is 71.4 Å². The van der Waals surface area contributed by atoms with Crippen LogP contribution in [-0.4, -0.2) is 57.4 Å². The van der Waals surface area contributed by atoms with E-state index < -0.39 is 32.8 Å². The van der Waals surface area contributed by atoms with Crippen LogP contribution in [-0.2, 0) is 23.9 Å². The van der Waals surface area contributed by atoms with Gasteiger partial charge in [-0.2, -0.15) is 0 Å². The van der Waals surface area contributed by atoms with Crippen molar-refractivity contribution in [3.05, 3.63) is 23.8 Å². The van der Waals surface area contributed by atoms with Gasteiger partial charge in [-0.3, -0.25) is 14.4 Å². The summed E-state index contributed by atoms with van der Waals surface area (Å²) in [5.74, 6) is -0.883. The number of aliphatic hydroxyl groups is 1. The highest BCUT2D eigenvalue weighted by Gasteiger charge is 2.62. The lowest BCUT2D eigenvalue weighted by atomic mass is 9.65. The van der Waals surface area contributed by atoms with Crippen molar-refractivity contribution in [2.75, 3.05) is 0 Å². The zero-order valence-electron chi connectivity index (χ0n) is 25.5. The Bertz CT molecular complexity index is 996. The summed E-state index contributed by atoms with van der Waals surface area (Å²) in [5.41, 5.74) is 7.36. The highest BCUT2D eigenvalue weighted by atomic mass is 28.4. The predicted octanol–water partition coefficient (Wildman–Crippen LogP) is 5.23. The number of fused-ring (bicyclic) bond motifs is 1. The fraction of sp³-hybridized carbons (Fsp3) is 0.767. The van der Waals surface area contributed by atoms with Crippen molar-refractivity contribution in [2.24, 2.45) is 35.3 Å². The minimum absolute atomic E-state index is 0.0308. The Hall–Kier alpha value is -1.72. The molecule has 1 heterocycles. The summed E-state index contributed by atoms with van der Waals surface area (Å²) in [4.78, 5) is 39.1. The molecule has 1 amide bonds. The standard InChI is InChI=1S/C30H51NO6Si2/c1-18-14-21-11-10-19(2)24(13-12-23-16-22(32)17-26(33)36-23)27(21)25(15-18)37-28(34)20(3)30(29(31)35,38(4,5)6)39(7,8)9/h10-11,14,18-20,22-25,27,32H,12-13,15-17H2,1-9H3,(H2,31,35)/t18-,19-,20+,22-,23?,24-,25+,27-/m1/s1. The first-order chi connectivity index (χ1) is 17.9. The first kappa shape index (κ1) is 31.8. The Morgan fingerprint density at radius 3 is 2.28 bits per heavy atom. The topological polar surface area (TPSA) is 116 Å². The lowest BCUT2D eigenvalue weighted by molar-refractivity contribution is -0.163. The third-order valence-electron chi connectivity index (χ3n) is 9.68. The van der Waals surface area contributed by atoms with E-state index in [9.17, 15) is 19.5 Å². The molecule has 3 N–H and O–H groups in total. The molecule has 220 valence electrons. The summed E-state index contributed by atoms with van der Waals surface area (Å²) in [6, 6.07) is 0. The average Bonchev–Trinajstić information content (AvgIpc) is 2.75. The molecule has 9 heteroatoms. The number of carbonyl (C=O) groups is 3. The van der Waals surface area contributed by atoms with E-state index in [0.29, 0.717) is 12.8 Å². The smallest absolute Gasteiger partial charge is 0.309 e. The van der Waals surface area contributed by atoms with Gasteiger partial charge in [-0.1, -0.05) is 78.3 Å². The number of carbonyl (C=O) groups excluding carboxylic acids is 3. The van der Waals surface area contributed by atoms with Gasteiger partial charge in [-0.05, 0) is 42.6 Å². The van der Waals surface area contributed by atoms with Crippen molar-refractivity contribution in [1.82, 2.24) is 0 Å². The Balaban J connectivity index is 1.88. The number of rotatable bonds is 9. The molecule has 7 nitrogen and oxygen atoms in total. The minimum atomic E-state index is -2.24. The molecule has 1 fully saturated rings. The first-order valence-corrected chi connectivity index (χ1v) is 21.7. The largest absolute Gasteiger partial charge is 0.462 e. The zero-order valence-corrected chi connectivity index (χ0v) is 27.5. The number of cyclic esters (lactones) is 1. The van der Waals surface area contributed by atoms with Gasteiger partial charge in [0, 0.05) is 17.0 Å². The van der Waals surface area contributed by atoms with Crippen molar-refractivity contribution in [3.8, 4) is 0 Å². The number of primary amides is 1. The maximum Gasteiger partial charge on any atom is 0.309 e. The number of aliphatic hydroxyl groups excluding tert-OH is 1. The third-order valence-corrected chi connectivity index (χ3v) is 20.3. The van der Waals surface area contributed by atoms with Gasteiger partial charge in [0.05, 0.1) is 34.6 Å². The Labute approximate surface area is 237 Å². The maximum atomic E-state index is 14.0. The monoisotopic (exact) mass is 577 g/mol. The van der Waals surface area contributed by atoms with Crippen LogP contribution in [0.2, 0.25) is 43.9 Å². The SMILES string of the molecule is C[C@@H]1C=C2C=C[C@@H](C)[C@@H](CCC3C[C@@H](O)CC(=O)O3)[C@@H]2[C@@H](OC(=O)[C@H](C)C(C(N)=O)([Si](C)(C)C)[Si](C)(C)C)C1. The summed E-state index contributed by atoms with van der Waals surface area (Å²) < 4.78 is 11.1. The molecule has 0 aromatic heterocycles. The number of hydrogen-bond donors (Lipinski definition) is 2. The fourth-order valence-electron chi connectivity index (χ4n) is 8.44. The zero-order chi connectivity index (χ0) is 29.5. The quantitative estimate of drug-likeness (QED) is 0.286. The van der Waals surface area contributed by atoms with Gasteiger partial charge in [0.25, 0.3) is 0 Å². The van der Waals surface area contributed by atoms with Gasteiger partial charge in [-0.15, -0.1) is 0 Å². The number of allylic oxidation sites excluding steroid dienone is 3. The van der Waals surface area contributed by atoms with E-state index >= 15 is 0 Å². The lowest BCUT2D eigenvalue weighted by Gasteiger charge is -2.52. The number of nitrogens with two attached hydrogens (primary N) is 1. The Morgan fingerprint density at radius 1 is 1.13 bits per heavy atom. The third kappa shape index (κ3) is 6.30. The molecular formula is C30H51NO6Si2. The maximum absolute atomic E-state index is 14.0. The van der Waals surface area contributed by atoms with Crippen LogP contribution < -0.4 is 5.73 Å². The lowest BCUT2D eigenvalue weighted by Crippen LogP contribution is -2.65. The van der Waals surface area contributed by atoms with E-state index in [1.54, 1.807) is 0 Å². The van der Waals surface area contributed by atoms with Crippen molar-refractivity contribution in [1.29, 1.82) is 0 Å². The Morgan fingerprint density at radius 2 is 1.74 bits per heavy atom. The van der Waals surface area contributed by atoms with Crippen molar-refractivity contribution in [3.63, 3.8) is 0 Å². The Kier molecular flexibility index (Phi) is 9.50. The van der Waals surface area contributed by atoms with Gasteiger partial charge >= 0.3 is 11.9 Å². The van der Waals surface area contributed by atoms with Crippen LogP contribution in [0, 0.1) is 29.6 Å². The van der Waals surface area contributed by atoms with E-state index in [4.69, 9.17) is 15.2 Å². The summed E-state index contributed by atoms with van der Waals surface area (Å²) in [7, 11) is -4.48. The van der Waals surface area contributed by atoms with Crippen LogP contribution in [0.25, 0.3) is 0 Å². The van der Waals surface area contributed by atoms with E-state index in [1.807, 2.05) is 6.92 Å². The second-order valence-corrected chi connectivity index (χ2v) is 25.5. The van der Waals surface area contributed by atoms with E-state index in [1.165, 1.54) is 5.57 Å². The molecule has 0 spiro atoms. The normalized spacial score (nSPS) is 32.5. The molecule has 3 rings (SSSR count). The molecule has 0 aromatic rings.